The van der Waals surface area contributed by atoms with Crippen molar-refractivity contribution in [3.8, 4) is 0 Å². The van der Waals surface area contributed by atoms with Gasteiger partial charge in [0.25, 0.3) is 0 Å². The third kappa shape index (κ3) is 3.61. The number of hydrogen-bond donors (Lipinski definition) is 0. The Bertz CT molecular complexity index is 531. The zero-order chi connectivity index (χ0) is 12.6. The Morgan fingerprint density at radius 2 is 2.17 bits per heavy atom. The average Bonchev–Trinajstić information content (AvgIpc) is 2.89. The molecule has 1 aliphatic heterocycles. The first-order valence-corrected chi connectivity index (χ1v) is 5.86. The third-order valence-electron chi connectivity index (χ3n) is 2.64. The van der Waals surface area contributed by atoms with Gasteiger partial charge in [0, 0.05) is 36.2 Å². The highest BCUT2D eigenvalue weighted by atomic mass is 15.1. The Hall–Kier alpha value is -2.32. The predicted octanol–water partition coefficient (Wildman–Crippen LogP) is 3.91. The van der Waals surface area contributed by atoms with Gasteiger partial charge in [0.15, 0.2) is 0 Å². The molecule has 0 N–H and O–H groups in total. The van der Waals surface area contributed by atoms with Crippen LogP contribution in [-0.4, -0.2) is 12.8 Å². The molecule has 0 fully saturated rings. The lowest BCUT2D eigenvalue weighted by Crippen LogP contribution is -1.86. The molecule has 0 spiro atoms. The van der Waals surface area contributed by atoms with Crippen LogP contribution in [-0.2, 0) is 6.42 Å². The van der Waals surface area contributed by atoms with Crippen molar-refractivity contribution in [2.24, 2.45) is 10.1 Å². The van der Waals surface area contributed by atoms with Crippen molar-refractivity contribution in [2.45, 2.75) is 12.8 Å². The van der Waals surface area contributed by atoms with Gasteiger partial charge in [-0.3, -0.25) is 4.99 Å². The fourth-order valence-corrected chi connectivity index (χ4v) is 1.76. The normalized spacial score (nSPS) is 13.7. The molecular formula is C14H14N4. The summed E-state index contributed by atoms with van der Waals surface area (Å²) in [6.07, 6.45) is 9.72. The number of aliphatic imine (C=N–C) groups is 1. The van der Waals surface area contributed by atoms with E-state index in [0.717, 1.165) is 24.1 Å². The van der Waals surface area contributed by atoms with Gasteiger partial charge in [0.2, 0.25) is 0 Å². The number of hydrogen-bond acceptors (Lipinski definition) is 2. The summed E-state index contributed by atoms with van der Waals surface area (Å²) in [5.41, 5.74) is 11.6. The number of rotatable bonds is 5. The molecule has 18 heavy (non-hydrogen) atoms. The van der Waals surface area contributed by atoms with Crippen LogP contribution in [0.1, 0.15) is 17.5 Å². The summed E-state index contributed by atoms with van der Waals surface area (Å²) in [5, 5.41) is 3.44. The standard InChI is InChI=1S/C14H14N4/c15-18-17-10-1-3-12-5-7-13(8-6-12)11-14-4-2-9-16-14/h1,3-9H,2,10-11H2/b3-1+. The van der Waals surface area contributed by atoms with Gasteiger partial charge < -0.3 is 0 Å². The van der Waals surface area contributed by atoms with Crippen molar-refractivity contribution in [3.63, 3.8) is 0 Å². The van der Waals surface area contributed by atoms with E-state index in [1.165, 1.54) is 5.56 Å². The van der Waals surface area contributed by atoms with Crippen LogP contribution in [0.3, 0.4) is 0 Å². The molecule has 0 radical (unpaired) electrons. The molecule has 0 saturated carbocycles. The quantitative estimate of drug-likeness (QED) is 0.424. The lowest BCUT2D eigenvalue weighted by atomic mass is 10.1. The monoisotopic (exact) mass is 238 g/mol. The van der Waals surface area contributed by atoms with Crippen LogP contribution in [0.25, 0.3) is 16.5 Å². The van der Waals surface area contributed by atoms with Crippen LogP contribution in [0.5, 0.6) is 0 Å². The second kappa shape index (κ2) is 6.42. The number of azide groups is 1. The van der Waals surface area contributed by atoms with Crippen molar-refractivity contribution in [1.29, 1.82) is 0 Å². The van der Waals surface area contributed by atoms with Gasteiger partial charge in [0.1, 0.15) is 0 Å². The number of allylic oxidation sites excluding steroid dienone is 2. The molecular weight excluding hydrogens is 224 g/mol. The minimum Gasteiger partial charge on any atom is -0.265 e. The van der Waals surface area contributed by atoms with E-state index in [0.29, 0.717) is 6.54 Å². The smallest absolute Gasteiger partial charge is 0.0443 e. The van der Waals surface area contributed by atoms with Crippen LogP contribution in [0, 0.1) is 0 Å². The van der Waals surface area contributed by atoms with Crippen LogP contribution in [0.15, 0.2) is 52.2 Å². The van der Waals surface area contributed by atoms with Crippen molar-refractivity contribution in [3.05, 3.63) is 63.7 Å². The Morgan fingerprint density at radius 1 is 1.33 bits per heavy atom. The predicted molar refractivity (Wildman–Crippen MR) is 74.4 cm³/mol. The molecule has 1 heterocycles. The number of benzene rings is 1. The zero-order valence-corrected chi connectivity index (χ0v) is 10.0. The van der Waals surface area contributed by atoms with Crippen LogP contribution in [0.4, 0.5) is 0 Å². The van der Waals surface area contributed by atoms with Gasteiger partial charge in [0.05, 0.1) is 0 Å². The molecule has 1 aliphatic rings. The molecule has 0 amide bonds. The van der Waals surface area contributed by atoms with Gasteiger partial charge in [-0.05, 0) is 16.7 Å². The van der Waals surface area contributed by atoms with E-state index in [2.05, 4.69) is 45.4 Å². The molecule has 1 aromatic rings. The van der Waals surface area contributed by atoms with E-state index in [4.69, 9.17) is 5.53 Å². The maximum atomic E-state index is 8.14. The van der Waals surface area contributed by atoms with E-state index in [1.807, 2.05) is 18.4 Å². The molecule has 0 unspecified atom stereocenters. The maximum absolute atomic E-state index is 8.14. The second-order valence-electron chi connectivity index (χ2n) is 3.98. The van der Waals surface area contributed by atoms with Crippen LogP contribution >= 0.6 is 0 Å². The van der Waals surface area contributed by atoms with E-state index >= 15 is 0 Å². The highest BCUT2D eigenvalue weighted by molar-refractivity contribution is 5.65. The summed E-state index contributed by atoms with van der Waals surface area (Å²) in [4.78, 5) is 6.99. The van der Waals surface area contributed by atoms with Crippen LogP contribution < -0.4 is 0 Å². The molecule has 0 atom stereocenters. The van der Waals surface area contributed by atoms with Crippen molar-refractivity contribution in [2.75, 3.05) is 6.54 Å². The van der Waals surface area contributed by atoms with Gasteiger partial charge in [-0.15, -0.1) is 0 Å². The Morgan fingerprint density at radius 3 is 2.83 bits per heavy atom. The first-order chi connectivity index (χ1) is 8.88. The minimum absolute atomic E-state index is 0.389. The van der Waals surface area contributed by atoms with E-state index in [-0.39, 0.29) is 0 Å². The van der Waals surface area contributed by atoms with Gasteiger partial charge in [-0.25, -0.2) is 0 Å². The topological polar surface area (TPSA) is 61.1 Å². The molecule has 90 valence electrons. The highest BCUT2D eigenvalue weighted by Gasteiger charge is 2.00. The molecule has 4 heteroatoms. The lowest BCUT2D eigenvalue weighted by molar-refractivity contribution is 1.12. The molecule has 1 aromatic carbocycles. The van der Waals surface area contributed by atoms with Gasteiger partial charge >= 0.3 is 0 Å². The first-order valence-electron chi connectivity index (χ1n) is 5.86. The zero-order valence-electron chi connectivity index (χ0n) is 10.0. The highest BCUT2D eigenvalue weighted by Crippen LogP contribution is 2.14. The van der Waals surface area contributed by atoms with E-state index in [1.54, 1.807) is 0 Å². The summed E-state index contributed by atoms with van der Waals surface area (Å²) < 4.78 is 0. The molecule has 0 aliphatic carbocycles. The summed E-state index contributed by atoms with van der Waals surface area (Å²) in [6, 6.07) is 8.31. The Kier molecular flexibility index (Phi) is 4.33. The SMILES string of the molecule is [N-]=[N+]=NC/C=C/c1ccc(CC2=CCC=N2)cc1. The fraction of sp³-hybridized carbons (Fsp3) is 0.214. The van der Waals surface area contributed by atoms with Crippen molar-refractivity contribution >= 4 is 12.3 Å². The molecule has 0 aromatic heterocycles. The molecule has 4 nitrogen and oxygen atoms in total. The fourth-order valence-electron chi connectivity index (χ4n) is 1.76. The maximum Gasteiger partial charge on any atom is 0.0443 e. The summed E-state index contributed by atoms with van der Waals surface area (Å²) >= 11 is 0. The third-order valence-corrected chi connectivity index (χ3v) is 2.64. The van der Waals surface area contributed by atoms with Crippen molar-refractivity contribution < 1.29 is 0 Å². The van der Waals surface area contributed by atoms with Crippen LogP contribution in [0.2, 0.25) is 0 Å². The second-order valence-corrected chi connectivity index (χ2v) is 3.98. The number of nitrogens with zero attached hydrogens (tertiary/aromatic N) is 4. The van der Waals surface area contributed by atoms with Crippen molar-refractivity contribution in [1.82, 2.24) is 0 Å². The minimum atomic E-state index is 0.389. The van der Waals surface area contributed by atoms with E-state index in [9.17, 15) is 0 Å². The summed E-state index contributed by atoms with van der Waals surface area (Å²) in [7, 11) is 0. The lowest BCUT2D eigenvalue weighted by Gasteiger charge is -2.01. The van der Waals surface area contributed by atoms with Gasteiger partial charge in [-0.1, -0.05) is 47.6 Å². The molecule has 2 rings (SSSR count). The Balaban J connectivity index is 1.94. The summed E-state index contributed by atoms with van der Waals surface area (Å²) in [6.45, 7) is 0.389. The largest absolute Gasteiger partial charge is 0.265 e. The Labute approximate surface area is 106 Å². The van der Waals surface area contributed by atoms with E-state index < -0.39 is 0 Å². The summed E-state index contributed by atoms with van der Waals surface area (Å²) in [5.74, 6) is 0. The first kappa shape index (κ1) is 12.1. The molecule has 0 bridgehead atoms. The van der Waals surface area contributed by atoms with Gasteiger partial charge in [-0.2, -0.15) is 0 Å². The average molecular weight is 238 g/mol. The molecule has 0 saturated heterocycles.